The molecule has 0 unspecified atom stereocenters. The molecule has 0 saturated heterocycles. The molecule has 1 aromatic heterocycles. The maximum atomic E-state index is 13.2. The van der Waals surface area contributed by atoms with Crippen LogP contribution in [0.3, 0.4) is 0 Å². The molecular formula is C24H31N3O3. The molecule has 1 aliphatic rings. The number of aromatic hydroxyl groups is 1. The molecule has 6 nitrogen and oxygen atoms in total. The summed E-state index contributed by atoms with van der Waals surface area (Å²) >= 11 is 0. The number of amidine groups is 1. The van der Waals surface area contributed by atoms with Gasteiger partial charge in [0.15, 0.2) is 5.78 Å². The monoisotopic (exact) mass is 409 g/mol. The van der Waals surface area contributed by atoms with Crippen molar-refractivity contribution < 1.29 is 15.0 Å². The number of benzene rings is 1. The summed E-state index contributed by atoms with van der Waals surface area (Å²) in [6.45, 7) is 12.4. The van der Waals surface area contributed by atoms with E-state index < -0.39 is 0 Å². The van der Waals surface area contributed by atoms with E-state index in [1.165, 1.54) is 0 Å². The van der Waals surface area contributed by atoms with Gasteiger partial charge in [0, 0.05) is 28.8 Å². The van der Waals surface area contributed by atoms with E-state index in [9.17, 15) is 15.0 Å². The Kier molecular flexibility index (Phi) is 5.50. The summed E-state index contributed by atoms with van der Waals surface area (Å²) in [7, 11) is 0. The minimum absolute atomic E-state index is 0.0571. The number of nitrogens with zero attached hydrogens (tertiary/aromatic N) is 2. The van der Waals surface area contributed by atoms with Gasteiger partial charge in [0.25, 0.3) is 0 Å². The van der Waals surface area contributed by atoms with Gasteiger partial charge < -0.3 is 15.1 Å². The van der Waals surface area contributed by atoms with Gasteiger partial charge in [0.1, 0.15) is 17.3 Å². The summed E-state index contributed by atoms with van der Waals surface area (Å²) in [4.78, 5) is 19.2. The predicted octanol–water partition coefficient (Wildman–Crippen LogP) is 3.90. The third-order valence-electron chi connectivity index (χ3n) is 5.48. The van der Waals surface area contributed by atoms with Crippen molar-refractivity contribution >= 4 is 11.6 Å². The molecule has 0 amide bonds. The first-order chi connectivity index (χ1) is 13.8. The van der Waals surface area contributed by atoms with Crippen molar-refractivity contribution in [2.45, 2.75) is 65.5 Å². The SMILES string of the molecule is CC(C)(C)c1cc(C(=O)CN2Cc3ccc(CO)nc3C2=N)cc(C(C)(C)C)c1O. The number of hydrogen-bond donors (Lipinski definition) is 3. The van der Waals surface area contributed by atoms with Gasteiger partial charge >= 0.3 is 0 Å². The second-order valence-corrected chi connectivity index (χ2v) is 10.0. The molecule has 0 radical (unpaired) electrons. The number of ketones is 1. The van der Waals surface area contributed by atoms with E-state index in [1.807, 2.05) is 47.6 Å². The van der Waals surface area contributed by atoms with E-state index in [0.29, 0.717) is 23.5 Å². The van der Waals surface area contributed by atoms with E-state index in [-0.39, 0.29) is 41.3 Å². The van der Waals surface area contributed by atoms with Crippen LogP contribution in [0.25, 0.3) is 0 Å². The fourth-order valence-corrected chi connectivity index (χ4v) is 3.72. The van der Waals surface area contributed by atoms with Crippen LogP contribution in [0.15, 0.2) is 24.3 Å². The van der Waals surface area contributed by atoms with Crippen molar-refractivity contribution in [1.29, 1.82) is 5.41 Å². The normalized spacial score (nSPS) is 14.2. The van der Waals surface area contributed by atoms with Gasteiger partial charge in [0.05, 0.1) is 18.8 Å². The first-order valence-electron chi connectivity index (χ1n) is 10.2. The van der Waals surface area contributed by atoms with Crippen LogP contribution in [-0.2, 0) is 24.0 Å². The minimum atomic E-state index is -0.318. The van der Waals surface area contributed by atoms with Crippen molar-refractivity contribution in [3.8, 4) is 5.75 Å². The number of fused-ring (bicyclic) bond motifs is 1. The number of aliphatic hydroxyl groups is 1. The van der Waals surface area contributed by atoms with E-state index in [0.717, 1.165) is 16.7 Å². The lowest BCUT2D eigenvalue weighted by Gasteiger charge is -2.28. The zero-order valence-electron chi connectivity index (χ0n) is 18.6. The molecule has 0 bridgehead atoms. The second kappa shape index (κ2) is 7.51. The Labute approximate surface area is 178 Å². The number of phenols is 1. The van der Waals surface area contributed by atoms with Gasteiger partial charge in [-0.15, -0.1) is 0 Å². The van der Waals surface area contributed by atoms with Gasteiger partial charge in [-0.2, -0.15) is 0 Å². The topological polar surface area (TPSA) is 97.5 Å². The van der Waals surface area contributed by atoms with Crippen LogP contribution >= 0.6 is 0 Å². The highest BCUT2D eigenvalue weighted by molar-refractivity contribution is 6.04. The molecule has 3 rings (SSSR count). The summed E-state index contributed by atoms with van der Waals surface area (Å²) in [6, 6.07) is 7.15. The Bertz CT molecular complexity index is 978. The number of pyridine rings is 1. The Morgan fingerprint density at radius 1 is 1.10 bits per heavy atom. The number of nitrogens with one attached hydrogen (secondary N) is 1. The molecule has 2 aromatic rings. The van der Waals surface area contributed by atoms with Gasteiger partial charge in [-0.25, -0.2) is 4.98 Å². The van der Waals surface area contributed by atoms with Crippen molar-refractivity contribution in [3.05, 3.63) is 57.9 Å². The standard InChI is InChI=1S/C24H31N3O3/c1-23(2,3)17-9-15(10-18(21(17)30)24(4,5)6)19(29)12-27-11-14-7-8-16(13-28)26-20(14)22(27)25/h7-10,25,28,30H,11-13H2,1-6H3. The first-order valence-corrected chi connectivity index (χ1v) is 10.2. The summed E-state index contributed by atoms with van der Waals surface area (Å²) < 4.78 is 0. The Balaban J connectivity index is 1.93. The number of aromatic nitrogens is 1. The molecule has 1 aromatic carbocycles. The zero-order chi connectivity index (χ0) is 22.4. The lowest BCUT2D eigenvalue weighted by molar-refractivity contribution is 0.0962. The highest BCUT2D eigenvalue weighted by Gasteiger charge is 2.30. The zero-order valence-corrected chi connectivity index (χ0v) is 18.6. The summed E-state index contributed by atoms with van der Waals surface area (Å²) in [5.41, 5.74) is 3.29. The summed E-state index contributed by atoms with van der Waals surface area (Å²) in [5.74, 6) is 0.332. The number of Topliss-reactive ketones (excluding diaryl/α,β-unsaturated/α-hetero) is 1. The second-order valence-electron chi connectivity index (χ2n) is 10.0. The maximum absolute atomic E-state index is 13.2. The fourth-order valence-electron chi connectivity index (χ4n) is 3.72. The van der Waals surface area contributed by atoms with Crippen molar-refractivity contribution in [2.24, 2.45) is 0 Å². The number of aliphatic hydroxyl groups excluding tert-OH is 1. The summed E-state index contributed by atoms with van der Waals surface area (Å²) in [5, 5.41) is 28.6. The minimum Gasteiger partial charge on any atom is -0.507 e. The van der Waals surface area contributed by atoms with Crippen molar-refractivity contribution in [3.63, 3.8) is 0 Å². The Morgan fingerprint density at radius 3 is 2.17 bits per heavy atom. The molecule has 3 N–H and O–H groups in total. The summed E-state index contributed by atoms with van der Waals surface area (Å²) in [6.07, 6.45) is 0. The van der Waals surface area contributed by atoms with E-state index in [2.05, 4.69) is 4.98 Å². The van der Waals surface area contributed by atoms with Crippen LogP contribution in [0, 0.1) is 5.41 Å². The molecule has 0 saturated carbocycles. The molecule has 2 heterocycles. The van der Waals surface area contributed by atoms with Gasteiger partial charge in [0.2, 0.25) is 0 Å². The lowest BCUT2D eigenvalue weighted by atomic mass is 9.78. The Morgan fingerprint density at radius 2 is 1.67 bits per heavy atom. The van der Waals surface area contributed by atoms with Crippen LogP contribution in [0.4, 0.5) is 0 Å². The molecule has 1 aliphatic heterocycles. The molecule has 160 valence electrons. The molecule has 0 atom stereocenters. The number of hydrogen-bond acceptors (Lipinski definition) is 5. The smallest absolute Gasteiger partial charge is 0.182 e. The number of carbonyl (C=O) groups excluding carboxylic acids is 1. The fraction of sp³-hybridized carbons (Fsp3) is 0.458. The number of phenolic OH excluding ortho intramolecular Hbond substituents is 1. The molecule has 0 fully saturated rings. The first kappa shape index (κ1) is 22.0. The number of carbonyl (C=O) groups is 1. The third-order valence-corrected chi connectivity index (χ3v) is 5.48. The highest BCUT2D eigenvalue weighted by atomic mass is 16.3. The molecule has 0 aliphatic carbocycles. The largest absolute Gasteiger partial charge is 0.507 e. The lowest BCUT2D eigenvalue weighted by Crippen LogP contribution is -2.31. The van der Waals surface area contributed by atoms with E-state index in [1.54, 1.807) is 23.1 Å². The maximum Gasteiger partial charge on any atom is 0.182 e. The van der Waals surface area contributed by atoms with Crippen LogP contribution in [0.2, 0.25) is 0 Å². The average Bonchev–Trinajstić information content (AvgIpc) is 2.95. The van der Waals surface area contributed by atoms with Gasteiger partial charge in [-0.1, -0.05) is 47.6 Å². The van der Waals surface area contributed by atoms with Gasteiger partial charge in [-0.3, -0.25) is 10.2 Å². The molecule has 30 heavy (non-hydrogen) atoms. The molecule has 6 heteroatoms. The molecular weight excluding hydrogens is 378 g/mol. The average molecular weight is 410 g/mol. The van der Waals surface area contributed by atoms with Crippen LogP contribution < -0.4 is 0 Å². The number of rotatable bonds is 4. The van der Waals surface area contributed by atoms with Crippen molar-refractivity contribution in [1.82, 2.24) is 9.88 Å². The Hall–Kier alpha value is -2.73. The van der Waals surface area contributed by atoms with Crippen LogP contribution in [0.1, 0.15) is 80.0 Å². The van der Waals surface area contributed by atoms with E-state index in [4.69, 9.17) is 5.41 Å². The van der Waals surface area contributed by atoms with E-state index >= 15 is 0 Å². The quantitative estimate of drug-likeness (QED) is 0.666. The van der Waals surface area contributed by atoms with Crippen LogP contribution in [-0.4, -0.2) is 38.3 Å². The van der Waals surface area contributed by atoms with Gasteiger partial charge in [-0.05, 0) is 29.0 Å². The third kappa shape index (κ3) is 4.10. The van der Waals surface area contributed by atoms with Crippen molar-refractivity contribution in [2.75, 3.05) is 6.54 Å². The molecule has 0 spiro atoms. The highest BCUT2D eigenvalue weighted by Crippen LogP contribution is 2.40. The van der Waals surface area contributed by atoms with Crippen LogP contribution in [0.5, 0.6) is 5.75 Å². The predicted molar refractivity (Wildman–Crippen MR) is 117 cm³/mol.